The Labute approximate surface area is 48.8 Å². The molecule has 0 fully saturated rings. The minimum Gasteiger partial charge on any atom is -0.396 e. The fourth-order valence-electron chi connectivity index (χ4n) is 0.181. The summed E-state index contributed by atoms with van der Waals surface area (Å²) in [5.74, 6) is 12.9. The maximum atomic E-state index is 8.10. The molecule has 0 bridgehead atoms. The van der Waals surface area contributed by atoms with Crippen molar-refractivity contribution >= 4 is 0 Å². The van der Waals surface area contributed by atoms with Crippen LogP contribution in [0, 0.1) is 0 Å². The molecule has 8 heavy (non-hydrogen) atoms. The van der Waals surface area contributed by atoms with Gasteiger partial charge in [-0.3, -0.25) is 23.0 Å². The number of hydrogen-bond donors (Lipinski definition) is 5. The molecule has 5 heteroatoms. The Morgan fingerprint density at radius 1 is 1.38 bits per heavy atom. The number of hydrogen-bond acceptors (Lipinski definition) is 5. The van der Waals surface area contributed by atoms with Crippen molar-refractivity contribution in [2.75, 3.05) is 13.2 Å². The van der Waals surface area contributed by atoms with Crippen molar-refractivity contribution in [3.05, 3.63) is 0 Å². The van der Waals surface area contributed by atoms with Crippen LogP contribution in [-0.4, -0.2) is 18.3 Å². The summed E-state index contributed by atoms with van der Waals surface area (Å²) in [4.78, 5) is 0. The summed E-state index contributed by atoms with van der Waals surface area (Å²) in [6.07, 6.45) is 0.733. The summed E-state index contributed by atoms with van der Waals surface area (Å²) in [7, 11) is 0. The van der Waals surface area contributed by atoms with Gasteiger partial charge in [-0.15, -0.1) is 0 Å². The Kier molecular flexibility index (Phi) is 21.2. The summed E-state index contributed by atoms with van der Waals surface area (Å²) >= 11 is 0. The normalized spacial score (nSPS) is 7.50. The molecule has 0 unspecified atom stereocenters. The van der Waals surface area contributed by atoms with Gasteiger partial charge >= 0.3 is 0 Å². The van der Waals surface area contributed by atoms with E-state index in [-0.39, 0.29) is 6.61 Å². The van der Waals surface area contributed by atoms with E-state index in [1.807, 2.05) is 0 Å². The molecule has 0 saturated carbocycles. The fourth-order valence-corrected chi connectivity index (χ4v) is 0.181. The van der Waals surface area contributed by atoms with E-state index < -0.39 is 0 Å². The van der Waals surface area contributed by atoms with Crippen molar-refractivity contribution in [2.24, 2.45) is 17.5 Å². The van der Waals surface area contributed by atoms with Gasteiger partial charge in [-0.05, 0) is 6.42 Å². The molecule has 0 atom stereocenters. The van der Waals surface area contributed by atoms with Gasteiger partial charge in [0, 0.05) is 13.2 Å². The van der Waals surface area contributed by atoms with E-state index in [4.69, 9.17) is 10.9 Å². The molecule has 0 spiro atoms. The van der Waals surface area contributed by atoms with Gasteiger partial charge in [0.15, 0.2) is 0 Å². The smallest absolute Gasteiger partial charge is 0.0443 e. The molecule has 0 radical (unpaired) electrons. The third kappa shape index (κ3) is 17.0. The summed E-state index contributed by atoms with van der Waals surface area (Å²) in [6.45, 7) is 0.903. The highest BCUT2D eigenvalue weighted by molar-refractivity contribution is 4.32. The molecule has 0 heterocycles. The lowest BCUT2D eigenvalue weighted by atomic mass is 10.5. The average Bonchev–Trinajstić information content (AvgIpc) is 1.88. The quantitative estimate of drug-likeness (QED) is 0.163. The topological polar surface area (TPSA) is 110 Å². The molecule has 52 valence electrons. The second kappa shape index (κ2) is 15.8. The highest BCUT2D eigenvalue weighted by atomic mass is 16.3. The van der Waals surface area contributed by atoms with Crippen molar-refractivity contribution in [1.29, 1.82) is 0 Å². The average molecular weight is 122 g/mol. The molecule has 0 saturated heterocycles. The van der Waals surface area contributed by atoms with Crippen LogP contribution in [-0.2, 0) is 0 Å². The summed E-state index contributed by atoms with van der Waals surface area (Å²) in [5.41, 5.74) is 2.41. The first-order chi connectivity index (χ1) is 3.91. The van der Waals surface area contributed by atoms with Crippen LogP contribution in [0.5, 0.6) is 0 Å². The van der Waals surface area contributed by atoms with Crippen molar-refractivity contribution in [3.8, 4) is 0 Å². The highest BCUT2D eigenvalue weighted by Gasteiger charge is 1.74. The van der Waals surface area contributed by atoms with Crippen LogP contribution >= 0.6 is 0 Å². The van der Waals surface area contributed by atoms with E-state index in [2.05, 4.69) is 17.1 Å². The Morgan fingerprint density at radius 3 is 2.00 bits per heavy atom. The second-order valence-electron chi connectivity index (χ2n) is 1.03. The van der Waals surface area contributed by atoms with Crippen molar-refractivity contribution < 1.29 is 5.11 Å². The van der Waals surface area contributed by atoms with E-state index in [1.54, 1.807) is 0 Å². The first kappa shape index (κ1) is 10.7. The van der Waals surface area contributed by atoms with E-state index in [9.17, 15) is 0 Å². The highest BCUT2D eigenvalue weighted by Crippen LogP contribution is 1.64. The van der Waals surface area contributed by atoms with Crippen LogP contribution in [0.3, 0.4) is 0 Å². The van der Waals surface area contributed by atoms with Crippen LogP contribution in [0.25, 0.3) is 0 Å². The molecule has 0 amide bonds. The van der Waals surface area contributed by atoms with Gasteiger partial charge in [0.05, 0.1) is 0 Å². The molecule has 0 aliphatic heterocycles. The zero-order chi connectivity index (χ0) is 6.83. The molecule has 0 aromatic carbocycles. The van der Waals surface area contributed by atoms with Crippen molar-refractivity contribution in [3.63, 3.8) is 0 Å². The lowest BCUT2D eigenvalue weighted by Gasteiger charge is -1.89. The lowest BCUT2D eigenvalue weighted by Crippen LogP contribution is -2.23. The molecular formula is C3H14N4O. The molecule has 0 aromatic heterocycles. The number of nitrogens with one attached hydrogen (secondary N) is 1. The van der Waals surface area contributed by atoms with Gasteiger partial charge in [-0.2, -0.15) is 0 Å². The Bertz CT molecular complexity index is 23.2. The fraction of sp³-hybridized carbons (Fsp3) is 1.00. The number of aliphatic hydroxyl groups is 1. The zero-order valence-corrected chi connectivity index (χ0v) is 4.80. The van der Waals surface area contributed by atoms with Gasteiger partial charge in [0.25, 0.3) is 0 Å². The van der Waals surface area contributed by atoms with Crippen LogP contribution in [0.2, 0.25) is 0 Å². The number of nitrogens with two attached hydrogens (primary N) is 3. The van der Waals surface area contributed by atoms with Crippen LogP contribution < -0.4 is 23.0 Å². The molecule has 5 nitrogen and oxygen atoms in total. The predicted molar refractivity (Wildman–Crippen MR) is 32.3 cm³/mol. The van der Waals surface area contributed by atoms with Gasteiger partial charge < -0.3 is 5.11 Å². The Balaban J connectivity index is 0. The number of aliphatic hydroxyl groups excluding tert-OH is 1. The van der Waals surface area contributed by atoms with E-state index in [0.29, 0.717) is 6.54 Å². The number of hydrazine groups is 2. The molecule has 8 N–H and O–H groups in total. The first-order valence-corrected chi connectivity index (χ1v) is 2.29. The van der Waals surface area contributed by atoms with Crippen molar-refractivity contribution in [1.82, 2.24) is 5.43 Å². The standard InChI is InChI=1S/C3H10N2O.H4N2/c4-5-2-1-3-6;1-2/h5-6H,1-4H2;1-2H2. The van der Waals surface area contributed by atoms with Gasteiger partial charge in [-0.1, -0.05) is 0 Å². The van der Waals surface area contributed by atoms with Crippen molar-refractivity contribution in [2.45, 2.75) is 6.42 Å². The second-order valence-corrected chi connectivity index (χ2v) is 1.03. The van der Waals surface area contributed by atoms with E-state index >= 15 is 0 Å². The maximum Gasteiger partial charge on any atom is 0.0443 e. The lowest BCUT2D eigenvalue weighted by molar-refractivity contribution is 0.286. The zero-order valence-electron chi connectivity index (χ0n) is 4.80. The maximum absolute atomic E-state index is 8.10. The number of rotatable bonds is 3. The molecule has 0 aliphatic rings. The van der Waals surface area contributed by atoms with Gasteiger partial charge in [0.2, 0.25) is 0 Å². The third-order valence-corrected chi connectivity index (χ3v) is 0.479. The molecular weight excluding hydrogens is 108 g/mol. The largest absolute Gasteiger partial charge is 0.396 e. The Morgan fingerprint density at radius 2 is 1.88 bits per heavy atom. The summed E-state index contributed by atoms with van der Waals surface area (Å²) in [5, 5.41) is 8.10. The van der Waals surface area contributed by atoms with Crippen LogP contribution in [0.4, 0.5) is 0 Å². The minimum atomic E-state index is 0.212. The van der Waals surface area contributed by atoms with Crippen LogP contribution in [0.1, 0.15) is 6.42 Å². The monoisotopic (exact) mass is 122 g/mol. The minimum absolute atomic E-state index is 0.212. The first-order valence-electron chi connectivity index (χ1n) is 2.29. The SMILES string of the molecule is NN.NNCCCO. The molecule has 0 aliphatic carbocycles. The van der Waals surface area contributed by atoms with E-state index in [0.717, 1.165) is 6.42 Å². The van der Waals surface area contributed by atoms with Gasteiger partial charge in [0.1, 0.15) is 0 Å². The predicted octanol–water partition coefficient (Wildman–Crippen LogP) is -2.35. The summed E-state index contributed by atoms with van der Waals surface area (Å²) < 4.78 is 0. The molecule has 0 aromatic rings. The molecule has 0 rings (SSSR count). The third-order valence-electron chi connectivity index (χ3n) is 0.479. The Hall–Kier alpha value is -0.200. The van der Waals surface area contributed by atoms with Crippen LogP contribution in [0.15, 0.2) is 0 Å². The summed E-state index contributed by atoms with van der Waals surface area (Å²) in [6, 6.07) is 0. The van der Waals surface area contributed by atoms with Gasteiger partial charge in [-0.25, -0.2) is 0 Å². The van der Waals surface area contributed by atoms with E-state index in [1.165, 1.54) is 0 Å².